The lowest BCUT2D eigenvalue weighted by Crippen LogP contribution is -2.27. The molecule has 1 aromatic carbocycles. The first-order valence-electron chi connectivity index (χ1n) is 8.01. The van der Waals surface area contributed by atoms with E-state index < -0.39 is 0 Å². The van der Waals surface area contributed by atoms with Gasteiger partial charge in [-0.05, 0) is 39.0 Å². The summed E-state index contributed by atoms with van der Waals surface area (Å²) >= 11 is 1.67. The fraction of sp³-hybridized carbons (Fsp3) is 0.333. The van der Waals surface area contributed by atoms with E-state index >= 15 is 0 Å². The van der Waals surface area contributed by atoms with Crippen LogP contribution in [0.5, 0.6) is 5.75 Å². The van der Waals surface area contributed by atoms with Gasteiger partial charge < -0.3 is 14.6 Å². The van der Waals surface area contributed by atoms with Crippen molar-refractivity contribution in [3.05, 3.63) is 45.6 Å². The van der Waals surface area contributed by atoms with Gasteiger partial charge in [-0.25, -0.2) is 4.98 Å². The largest absolute Gasteiger partial charge is 0.487 e. The Balaban J connectivity index is 1.59. The molecule has 0 spiro atoms. The SMILES string of the molecule is Cc1noc(C)c1Cc1nc(-c2ccc3c(c2)NCC(C)O3)cs1. The minimum absolute atomic E-state index is 0.198. The van der Waals surface area contributed by atoms with Gasteiger partial charge in [-0.3, -0.25) is 0 Å². The summed E-state index contributed by atoms with van der Waals surface area (Å²) in [5, 5.41) is 10.6. The number of nitrogens with one attached hydrogen (secondary N) is 1. The van der Waals surface area contributed by atoms with E-state index in [9.17, 15) is 0 Å². The second-order valence-electron chi connectivity index (χ2n) is 6.13. The Morgan fingerprint density at radius 1 is 1.33 bits per heavy atom. The molecule has 0 bridgehead atoms. The molecule has 0 fully saturated rings. The van der Waals surface area contributed by atoms with Crippen LogP contribution in [0.1, 0.15) is 28.9 Å². The van der Waals surface area contributed by atoms with Crippen LogP contribution in [-0.2, 0) is 6.42 Å². The highest BCUT2D eigenvalue weighted by Crippen LogP contribution is 2.34. The van der Waals surface area contributed by atoms with Crippen LogP contribution in [0.3, 0.4) is 0 Å². The summed E-state index contributed by atoms with van der Waals surface area (Å²) in [6.07, 6.45) is 0.958. The second-order valence-corrected chi connectivity index (χ2v) is 7.07. The lowest BCUT2D eigenvalue weighted by atomic mass is 10.1. The molecule has 0 radical (unpaired) electrons. The Bertz CT molecular complexity index is 865. The monoisotopic (exact) mass is 341 g/mol. The summed E-state index contributed by atoms with van der Waals surface area (Å²) < 4.78 is 11.1. The van der Waals surface area contributed by atoms with Gasteiger partial charge in [0.2, 0.25) is 0 Å². The van der Waals surface area contributed by atoms with Crippen molar-refractivity contribution in [2.45, 2.75) is 33.3 Å². The number of nitrogens with zero attached hydrogens (tertiary/aromatic N) is 2. The number of rotatable bonds is 3. The molecule has 124 valence electrons. The smallest absolute Gasteiger partial charge is 0.142 e. The molecule has 1 aliphatic rings. The molecule has 4 rings (SSSR count). The number of benzene rings is 1. The first kappa shape index (κ1) is 15.2. The quantitative estimate of drug-likeness (QED) is 0.774. The van der Waals surface area contributed by atoms with E-state index in [1.807, 2.05) is 19.9 Å². The van der Waals surface area contributed by atoms with E-state index in [2.05, 4.69) is 34.9 Å². The third-order valence-corrected chi connectivity index (χ3v) is 5.09. The van der Waals surface area contributed by atoms with Crippen molar-refractivity contribution >= 4 is 17.0 Å². The number of fused-ring (bicyclic) bond motifs is 1. The first-order chi connectivity index (χ1) is 11.6. The molecule has 1 N–H and O–H groups in total. The number of aryl methyl sites for hydroxylation is 2. The predicted octanol–water partition coefficient (Wildman–Crippen LogP) is 4.20. The summed E-state index contributed by atoms with van der Waals surface area (Å²) in [5.74, 6) is 1.78. The summed E-state index contributed by atoms with van der Waals surface area (Å²) in [6, 6.07) is 6.18. The predicted molar refractivity (Wildman–Crippen MR) is 94.9 cm³/mol. The fourth-order valence-corrected chi connectivity index (χ4v) is 3.69. The Labute approximate surface area is 144 Å². The number of hydrogen-bond acceptors (Lipinski definition) is 6. The molecule has 1 unspecified atom stereocenters. The normalized spacial score (nSPS) is 16.4. The maximum Gasteiger partial charge on any atom is 0.142 e. The van der Waals surface area contributed by atoms with Gasteiger partial charge in [-0.2, -0.15) is 0 Å². The van der Waals surface area contributed by atoms with Crippen molar-refractivity contribution in [3.63, 3.8) is 0 Å². The van der Waals surface area contributed by atoms with E-state index in [-0.39, 0.29) is 6.10 Å². The Morgan fingerprint density at radius 3 is 3.00 bits per heavy atom. The van der Waals surface area contributed by atoms with Crippen molar-refractivity contribution < 1.29 is 9.26 Å². The number of aromatic nitrogens is 2. The number of ether oxygens (including phenoxy) is 1. The van der Waals surface area contributed by atoms with Crippen LogP contribution in [0, 0.1) is 13.8 Å². The number of thiazole rings is 1. The van der Waals surface area contributed by atoms with Crippen molar-refractivity contribution in [1.29, 1.82) is 0 Å². The van der Waals surface area contributed by atoms with Gasteiger partial charge in [0.05, 0.1) is 28.6 Å². The van der Waals surface area contributed by atoms with E-state index in [1.165, 1.54) is 0 Å². The molecule has 24 heavy (non-hydrogen) atoms. The van der Waals surface area contributed by atoms with Gasteiger partial charge in [-0.15, -0.1) is 11.3 Å². The van der Waals surface area contributed by atoms with E-state index in [0.29, 0.717) is 0 Å². The van der Waals surface area contributed by atoms with Crippen molar-refractivity contribution in [2.24, 2.45) is 0 Å². The highest BCUT2D eigenvalue weighted by atomic mass is 32.1. The molecule has 2 aromatic heterocycles. The van der Waals surface area contributed by atoms with Gasteiger partial charge >= 0.3 is 0 Å². The molecular weight excluding hydrogens is 322 g/mol. The molecule has 0 saturated carbocycles. The zero-order valence-electron chi connectivity index (χ0n) is 13.9. The van der Waals surface area contributed by atoms with E-state index in [4.69, 9.17) is 14.2 Å². The van der Waals surface area contributed by atoms with Crippen LogP contribution in [-0.4, -0.2) is 22.8 Å². The highest BCUT2D eigenvalue weighted by molar-refractivity contribution is 7.10. The lowest BCUT2D eigenvalue weighted by Gasteiger charge is -2.25. The van der Waals surface area contributed by atoms with Crippen LogP contribution in [0.2, 0.25) is 0 Å². The Hall–Kier alpha value is -2.34. The summed E-state index contributed by atoms with van der Waals surface area (Å²) in [6.45, 7) is 6.80. The maximum atomic E-state index is 5.83. The van der Waals surface area contributed by atoms with E-state index in [0.717, 1.165) is 57.7 Å². The first-order valence-corrected chi connectivity index (χ1v) is 8.89. The third kappa shape index (κ3) is 2.78. The van der Waals surface area contributed by atoms with Crippen LogP contribution < -0.4 is 10.1 Å². The average molecular weight is 341 g/mol. The molecule has 3 aromatic rings. The summed E-state index contributed by atoms with van der Waals surface area (Å²) in [5.41, 5.74) is 5.19. The molecule has 0 saturated heterocycles. The molecular formula is C18H19N3O2S. The standard InChI is InChI=1S/C18H19N3O2S/c1-10-8-19-15-6-13(4-5-17(15)22-10)16-9-24-18(20-16)7-14-11(2)21-23-12(14)3/h4-6,9-10,19H,7-8H2,1-3H3. The third-order valence-electron chi connectivity index (χ3n) is 4.24. The molecule has 3 heterocycles. The minimum Gasteiger partial charge on any atom is -0.487 e. The minimum atomic E-state index is 0.198. The van der Waals surface area contributed by atoms with Crippen LogP contribution in [0.4, 0.5) is 5.69 Å². The second kappa shape index (κ2) is 5.94. The van der Waals surface area contributed by atoms with Crippen molar-refractivity contribution in [1.82, 2.24) is 10.1 Å². The topological polar surface area (TPSA) is 60.2 Å². The van der Waals surface area contributed by atoms with E-state index in [1.54, 1.807) is 11.3 Å². The summed E-state index contributed by atoms with van der Waals surface area (Å²) in [7, 11) is 0. The lowest BCUT2D eigenvalue weighted by molar-refractivity contribution is 0.226. The summed E-state index contributed by atoms with van der Waals surface area (Å²) in [4.78, 5) is 4.78. The maximum absolute atomic E-state index is 5.83. The molecule has 5 nitrogen and oxygen atoms in total. The Kier molecular flexibility index (Phi) is 3.76. The van der Waals surface area contributed by atoms with Gasteiger partial charge in [0.15, 0.2) is 0 Å². The van der Waals surface area contributed by atoms with Crippen molar-refractivity contribution in [2.75, 3.05) is 11.9 Å². The number of hydrogen-bond donors (Lipinski definition) is 1. The van der Waals surface area contributed by atoms with Gasteiger partial charge in [0, 0.05) is 22.9 Å². The van der Waals surface area contributed by atoms with Gasteiger partial charge in [0.1, 0.15) is 17.6 Å². The van der Waals surface area contributed by atoms with Crippen LogP contribution >= 0.6 is 11.3 Å². The van der Waals surface area contributed by atoms with Crippen LogP contribution in [0.25, 0.3) is 11.3 Å². The Morgan fingerprint density at radius 2 is 2.21 bits per heavy atom. The van der Waals surface area contributed by atoms with Crippen LogP contribution in [0.15, 0.2) is 28.1 Å². The highest BCUT2D eigenvalue weighted by Gasteiger charge is 2.17. The van der Waals surface area contributed by atoms with Crippen molar-refractivity contribution in [3.8, 4) is 17.0 Å². The van der Waals surface area contributed by atoms with Gasteiger partial charge in [0.25, 0.3) is 0 Å². The molecule has 1 atom stereocenters. The molecule has 6 heteroatoms. The molecule has 0 aliphatic carbocycles. The fourth-order valence-electron chi connectivity index (χ4n) is 2.87. The average Bonchev–Trinajstić information content (AvgIpc) is 3.17. The zero-order chi connectivity index (χ0) is 16.7. The molecule has 0 amide bonds. The number of anilines is 1. The van der Waals surface area contributed by atoms with Gasteiger partial charge in [-0.1, -0.05) is 5.16 Å². The zero-order valence-corrected chi connectivity index (χ0v) is 14.7. The molecule has 1 aliphatic heterocycles.